The maximum absolute atomic E-state index is 13.1. The molecule has 76 valence electrons. The summed E-state index contributed by atoms with van der Waals surface area (Å²) in [7, 11) is 0. The normalized spacial score (nSPS) is 26.4. The van der Waals surface area contributed by atoms with Gasteiger partial charge in [-0.15, -0.1) is 0 Å². The predicted molar refractivity (Wildman–Crippen MR) is 49.2 cm³/mol. The van der Waals surface area contributed by atoms with Crippen LogP contribution in [0.5, 0.6) is 6.01 Å². The first-order chi connectivity index (χ1) is 6.75. The van der Waals surface area contributed by atoms with E-state index in [-0.39, 0.29) is 6.01 Å². The maximum atomic E-state index is 13.1. The lowest BCUT2D eigenvalue weighted by Gasteiger charge is -2.12. The molecule has 14 heavy (non-hydrogen) atoms. The Morgan fingerprint density at radius 2 is 2.14 bits per heavy atom. The van der Waals surface area contributed by atoms with E-state index in [2.05, 4.69) is 15.3 Å². The molecule has 1 N–H and O–H groups in total. The van der Waals surface area contributed by atoms with E-state index in [1.807, 2.05) is 0 Å². The number of hydrogen-bond acceptors (Lipinski definition) is 4. The van der Waals surface area contributed by atoms with Crippen molar-refractivity contribution in [3.05, 3.63) is 17.4 Å². The number of nitrogens with zero attached hydrogens (tertiary/aromatic N) is 2. The molecule has 1 aromatic rings. The monoisotopic (exact) mass is 217 g/mol. The van der Waals surface area contributed by atoms with Crippen LogP contribution in [0.4, 0.5) is 4.39 Å². The molecule has 4 nitrogen and oxygen atoms in total. The summed E-state index contributed by atoms with van der Waals surface area (Å²) in [5.74, 6) is 0. The quantitative estimate of drug-likeness (QED) is 0.797. The molecule has 1 saturated heterocycles. The molecule has 6 heteroatoms. The van der Waals surface area contributed by atoms with Crippen LogP contribution in [-0.2, 0) is 0 Å². The Hall–Kier alpha value is -0.940. The fourth-order valence-electron chi connectivity index (χ4n) is 1.23. The van der Waals surface area contributed by atoms with Crippen molar-refractivity contribution < 1.29 is 9.13 Å². The molecule has 1 aliphatic rings. The third kappa shape index (κ3) is 2.10. The van der Waals surface area contributed by atoms with Crippen LogP contribution in [0.15, 0.2) is 12.4 Å². The lowest BCUT2D eigenvalue weighted by atomic mass is 10.3. The molecule has 1 aliphatic heterocycles. The smallest absolute Gasteiger partial charge is 0.316 e. The first-order valence-electron chi connectivity index (χ1n) is 4.24. The van der Waals surface area contributed by atoms with Gasteiger partial charge in [0.05, 0.1) is 17.4 Å². The minimum Gasteiger partial charge on any atom is -0.456 e. The Labute approximate surface area is 85.5 Å². The van der Waals surface area contributed by atoms with Crippen molar-refractivity contribution in [2.24, 2.45) is 0 Å². The van der Waals surface area contributed by atoms with Gasteiger partial charge in [0.15, 0.2) is 6.17 Å². The second-order valence-corrected chi connectivity index (χ2v) is 3.45. The number of halogens is 2. The molecule has 0 spiro atoms. The SMILES string of the molecule is FC1CNCC1Oc1ncc(Cl)cn1. The van der Waals surface area contributed by atoms with Crippen molar-refractivity contribution in [3.8, 4) is 6.01 Å². The van der Waals surface area contributed by atoms with Crippen LogP contribution in [0.1, 0.15) is 0 Å². The van der Waals surface area contributed by atoms with Crippen LogP contribution in [-0.4, -0.2) is 35.3 Å². The Morgan fingerprint density at radius 3 is 2.71 bits per heavy atom. The van der Waals surface area contributed by atoms with Gasteiger partial charge in [0.1, 0.15) is 6.10 Å². The van der Waals surface area contributed by atoms with Gasteiger partial charge in [-0.05, 0) is 0 Å². The van der Waals surface area contributed by atoms with E-state index in [0.29, 0.717) is 18.1 Å². The highest BCUT2D eigenvalue weighted by Crippen LogP contribution is 2.13. The van der Waals surface area contributed by atoms with Crippen LogP contribution in [0.2, 0.25) is 5.02 Å². The van der Waals surface area contributed by atoms with E-state index in [1.165, 1.54) is 12.4 Å². The number of rotatable bonds is 2. The molecule has 0 saturated carbocycles. The van der Waals surface area contributed by atoms with E-state index in [4.69, 9.17) is 16.3 Å². The summed E-state index contributed by atoms with van der Waals surface area (Å²) in [5, 5.41) is 3.30. The number of nitrogens with one attached hydrogen (secondary N) is 1. The average Bonchev–Trinajstić information content (AvgIpc) is 2.56. The fraction of sp³-hybridized carbons (Fsp3) is 0.500. The molecule has 1 fully saturated rings. The van der Waals surface area contributed by atoms with E-state index in [1.54, 1.807) is 0 Å². The van der Waals surface area contributed by atoms with Gasteiger partial charge >= 0.3 is 6.01 Å². The Kier molecular flexibility index (Phi) is 2.79. The summed E-state index contributed by atoms with van der Waals surface area (Å²) in [6, 6.07) is 0.158. The van der Waals surface area contributed by atoms with Crippen molar-refractivity contribution in [2.45, 2.75) is 12.3 Å². The zero-order valence-electron chi connectivity index (χ0n) is 7.28. The van der Waals surface area contributed by atoms with Gasteiger partial charge in [-0.1, -0.05) is 11.6 Å². The zero-order valence-corrected chi connectivity index (χ0v) is 8.04. The number of alkyl halides is 1. The van der Waals surface area contributed by atoms with Gasteiger partial charge in [-0.25, -0.2) is 14.4 Å². The van der Waals surface area contributed by atoms with Crippen molar-refractivity contribution >= 4 is 11.6 Å². The second kappa shape index (κ2) is 4.06. The van der Waals surface area contributed by atoms with Crippen LogP contribution in [0, 0.1) is 0 Å². The summed E-state index contributed by atoms with van der Waals surface area (Å²) >= 11 is 5.59. The summed E-state index contributed by atoms with van der Waals surface area (Å²) in [6.45, 7) is 0.797. The van der Waals surface area contributed by atoms with Crippen molar-refractivity contribution in [3.63, 3.8) is 0 Å². The van der Waals surface area contributed by atoms with Crippen LogP contribution in [0.3, 0.4) is 0 Å². The Balaban J connectivity index is 2.00. The molecule has 2 heterocycles. The standard InChI is InChI=1S/C8H9ClFN3O/c9-5-1-12-8(13-2-5)14-7-4-11-3-6(7)10/h1-2,6-7,11H,3-4H2. The van der Waals surface area contributed by atoms with Gasteiger partial charge in [0, 0.05) is 13.1 Å². The molecule has 2 atom stereocenters. The van der Waals surface area contributed by atoms with E-state index >= 15 is 0 Å². The topological polar surface area (TPSA) is 47.0 Å². The average molecular weight is 218 g/mol. The molecule has 0 aromatic carbocycles. The van der Waals surface area contributed by atoms with E-state index in [9.17, 15) is 4.39 Å². The highest BCUT2D eigenvalue weighted by molar-refractivity contribution is 6.30. The highest BCUT2D eigenvalue weighted by Gasteiger charge is 2.29. The van der Waals surface area contributed by atoms with E-state index in [0.717, 1.165) is 0 Å². The first kappa shape index (κ1) is 9.61. The lowest BCUT2D eigenvalue weighted by molar-refractivity contribution is 0.129. The molecule has 2 rings (SSSR count). The van der Waals surface area contributed by atoms with E-state index < -0.39 is 12.3 Å². The highest BCUT2D eigenvalue weighted by atomic mass is 35.5. The molecule has 0 amide bonds. The van der Waals surface area contributed by atoms with Gasteiger partial charge < -0.3 is 10.1 Å². The fourth-order valence-corrected chi connectivity index (χ4v) is 1.33. The van der Waals surface area contributed by atoms with Crippen molar-refractivity contribution in [1.82, 2.24) is 15.3 Å². The summed E-state index contributed by atoms with van der Waals surface area (Å²) < 4.78 is 18.3. The largest absolute Gasteiger partial charge is 0.456 e. The lowest BCUT2D eigenvalue weighted by Crippen LogP contribution is -2.27. The Morgan fingerprint density at radius 1 is 1.43 bits per heavy atom. The van der Waals surface area contributed by atoms with Crippen LogP contribution >= 0.6 is 11.6 Å². The number of hydrogen-bond donors (Lipinski definition) is 1. The van der Waals surface area contributed by atoms with Crippen LogP contribution in [0.25, 0.3) is 0 Å². The van der Waals surface area contributed by atoms with Crippen LogP contribution < -0.4 is 10.1 Å². The minimum absolute atomic E-state index is 0.158. The van der Waals surface area contributed by atoms with Gasteiger partial charge in [0.25, 0.3) is 0 Å². The molecule has 1 aromatic heterocycles. The van der Waals surface area contributed by atoms with Crippen molar-refractivity contribution in [2.75, 3.05) is 13.1 Å². The summed E-state index contributed by atoms with van der Waals surface area (Å²) in [6.07, 6.45) is 1.32. The molecule has 0 bridgehead atoms. The van der Waals surface area contributed by atoms with Gasteiger partial charge in [-0.3, -0.25) is 0 Å². The van der Waals surface area contributed by atoms with Gasteiger partial charge in [0.2, 0.25) is 0 Å². The number of ether oxygens (including phenoxy) is 1. The molecule has 0 radical (unpaired) electrons. The Bertz CT molecular complexity index is 308. The van der Waals surface area contributed by atoms with Crippen molar-refractivity contribution in [1.29, 1.82) is 0 Å². The molecular formula is C8H9ClFN3O. The second-order valence-electron chi connectivity index (χ2n) is 3.01. The third-order valence-electron chi connectivity index (χ3n) is 1.94. The minimum atomic E-state index is -1.01. The maximum Gasteiger partial charge on any atom is 0.316 e. The predicted octanol–water partition coefficient (Wildman–Crippen LogP) is 0.819. The summed E-state index contributed by atoms with van der Waals surface area (Å²) in [5.41, 5.74) is 0. The first-order valence-corrected chi connectivity index (χ1v) is 4.62. The molecule has 0 aliphatic carbocycles. The number of aromatic nitrogens is 2. The molecule has 2 unspecified atom stereocenters. The summed E-state index contributed by atoms with van der Waals surface area (Å²) in [4.78, 5) is 7.63. The zero-order chi connectivity index (χ0) is 9.97. The van der Waals surface area contributed by atoms with Gasteiger partial charge in [-0.2, -0.15) is 0 Å². The third-order valence-corrected chi connectivity index (χ3v) is 2.14. The molecular weight excluding hydrogens is 209 g/mol.